The Morgan fingerprint density at radius 1 is 1.22 bits per heavy atom. The summed E-state index contributed by atoms with van der Waals surface area (Å²) in [6.07, 6.45) is 3.51. The molecule has 1 saturated heterocycles. The molecule has 1 aromatic carbocycles. The number of aromatic nitrogens is 4. The monoisotopic (exact) mass is 433 g/mol. The van der Waals surface area contributed by atoms with Gasteiger partial charge in [0, 0.05) is 30.0 Å². The number of nitrogens with zero attached hydrogens (tertiary/aromatic N) is 4. The standard InChI is InChI=1S/C24H27N5O3/c1-4-30-14-20-28-21-22(29(20)12-17-13-31-24(2,3)32-17)18-8-7-15(10-19(18)27-23(21)25)16-6-5-9-26-11-16/h5-11,17H,4,12-14H2,1-3H3,(H2,25,27)/t17-/m1/s1. The second-order valence-corrected chi connectivity index (χ2v) is 8.39. The number of benzene rings is 1. The van der Waals surface area contributed by atoms with Gasteiger partial charge in [-0.2, -0.15) is 0 Å². The Kier molecular flexibility index (Phi) is 5.28. The van der Waals surface area contributed by atoms with Crippen LogP contribution in [-0.2, 0) is 27.4 Å². The maximum absolute atomic E-state index is 6.38. The third-order valence-corrected chi connectivity index (χ3v) is 5.67. The van der Waals surface area contributed by atoms with Crippen LogP contribution >= 0.6 is 0 Å². The summed E-state index contributed by atoms with van der Waals surface area (Å²) in [5.74, 6) is 0.603. The van der Waals surface area contributed by atoms with Crippen LogP contribution in [0, 0.1) is 0 Å². The molecule has 3 aromatic heterocycles. The van der Waals surface area contributed by atoms with Crippen molar-refractivity contribution in [3.05, 3.63) is 48.5 Å². The number of fused-ring (bicyclic) bond motifs is 3. The lowest BCUT2D eigenvalue weighted by molar-refractivity contribution is -0.139. The summed E-state index contributed by atoms with van der Waals surface area (Å²) >= 11 is 0. The number of anilines is 1. The van der Waals surface area contributed by atoms with E-state index in [2.05, 4.69) is 26.7 Å². The highest BCUT2D eigenvalue weighted by Crippen LogP contribution is 2.33. The molecular formula is C24H27N5O3. The Bertz CT molecular complexity index is 1270. The molecule has 1 aliphatic heterocycles. The number of rotatable bonds is 6. The Balaban J connectivity index is 1.66. The van der Waals surface area contributed by atoms with Crippen molar-refractivity contribution >= 4 is 27.8 Å². The minimum Gasteiger partial charge on any atom is -0.382 e. The van der Waals surface area contributed by atoms with E-state index in [4.69, 9.17) is 24.9 Å². The Morgan fingerprint density at radius 3 is 2.81 bits per heavy atom. The van der Waals surface area contributed by atoms with Crippen LogP contribution in [0.25, 0.3) is 33.1 Å². The first-order valence-electron chi connectivity index (χ1n) is 10.8. The van der Waals surface area contributed by atoms with Gasteiger partial charge >= 0.3 is 0 Å². The third-order valence-electron chi connectivity index (χ3n) is 5.67. The van der Waals surface area contributed by atoms with E-state index in [9.17, 15) is 0 Å². The minimum absolute atomic E-state index is 0.0955. The molecule has 0 radical (unpaired) electrons. The van der Waals surface area contributed by atoms with Crippen molar-refractivity contribution in [1.82, 2.24) is 19.5 Å². The van der Waals surface area contributed by atoms with Crippen molar-refractivity contribution in [3.63, 3.8) is 0 Å². The van der Waals surface area contributed by atoms with Gasteiger partial charge in [0.1, 0.15) is 24.1 Å². The van der Waals surface area contributed by atoms with Gasteiger partial charge in [-0.05, 0) is 38.5 Å². The van der Waals surface area contributed by atoms with Crippen LogP contribution in [-0.4, -0.2) is 44.6 Å². The van der Waals surface area contributed by atoms with Gasteiger partial charge in [-0.3, -0.25) is 4.98 Å². The molecule has 0 unspecified atom stereocenters. The van der Waals surface area contributed by atoms with Crippen LogP contribution in [0.15, 0.2) is 42.7 Å². The van der Waals surface area contributed by atoms with Gasteiger partial charge in [-0.15, -0.1) is 0 Å². The van der Waals surface area contributed by atoms with Crippen LogP contribution < -0.4 is 5.73 Å². The third kappa shape index (κ3) is 3.81. The first kappa shape index (κ1) is 20.8. The summed E-state index contributed by atoms with van der Waals surface area (Å²) < 4.78 is 19.7. The first-order valence-corrected chi connectivity index (χ1v) is 10.8. The van der Waals surface area contributed by atoms with Crippen LogP contribution in [0.3, 0.4) is 0 Å². The minimum atomic E-state index is -0.595. The number of nitrogens with two attached hydrogens (primary N) is 1. The molecule has 0 spiro atoms. The van der Waals surface area contributed by atoms with Crippen LogP contribution in [0.4, 0.5) is 5.82 Å². The predicted molar refractivity (Wildman–Crippen MR) is 123 cm³/mol. The van der Waals surface area contributed by atoms with Gasteiger partial charge in [-0.1, -0.05) is 18.2 Å². The molecule has 4 heterocycles. The lowest BCUT2D eigenvalue weighted by atomic mass is 10.0. The average Bonchev–Trinajstić information content (AvgIpc) is 3.32. The lowest BCUT2D eigenvalue weighted by Crippen LogP contribution is -2.25. The zero-order valence-electron chi connectivity index (χ0n) is 18.5. The molecule has 5 rings (SSSR count). The lowest BCUT2D eigenvalue weighted by Gasteiger charge is -2.18. The molecule has 1 atom stereocenters. The van der Waals surface area contributed by atoms with Crippen LogP contribution in [0.5, 0.6) is 0 Å². The normalized spacial score (nSPS) is 18.0. The maximum Gasteiger partial charge on any atom is 0.163 e. The van der Waals surface area contributed by atoms with Gasteiger partial charge in [0.2, 0.25) is 0 Å². The second kappa shape index (κ2) is 8.12. The van der Waals surface area contributed by atoms with Crippen molar-refractivity contribution in [2.75, 3.05) is 18.9 Å². The van der Waals surface area contributed by atoms with E-state index in [1.54, 1.807) is 6.20 Å². The summed E-state index contributed by atoms with van der Waals surface area (Å²) in [5, 5.41) is 0.982. The number of ether oxygens (including phenoxy) is 3. The number of pyridine rings is 2. The van der Waals surface area contributed by atoms with E-state index in [1.165, 1.54) is 0 Å². The van der Waals surface area contributed by atoms with Crippen LogP contribution in [0.1, 0.15) is 26.6 Å². The first-order chi connectivity index (χ1) is 15.4. The summed E-state index contributed by atoms with van der Waals surface area (Å²) in [6.45, 7) is 7.91. The Hall–Kier alpha value is -3.07. The number of hydrogen-bond acceptors (Lipinski definition) is 7. The highest BCUT2D eigenvalue weighted by molar-refractivity contribution is 6.07. The molecule has 8 nitrogen and oxygen atoms in total. The van der Waals surface area contributed by atoms with Crippen LogP contribution in [0.2, 0.25) is 0 Å². The summed E-state index contributed by atoms with van der Waals surface area (Å²) in [4.78, 5) is 13.7. The van der Waals surface area contributed by atoms with Crippen molar-refractivity contribution in [2.24, 2.45) is 0 Å². The van der Waals surface area contributed by atoms with E-state index in [-0.39, 0.29) is 6.10 Å². The second-order valence-electron chi connectivity index (χ2n) is 8.39. The molecule has 8 heteroatoms. The fraction of sp³-hybridized carbons (Fsp3) is 0.375. The summed E-state index contributed by atoms with van der Waals surface area (Å²) in [6, 6.07) is 10.1. The molecule has 0 aliphatic carbocycles. The zero-order chi connectivity index (χ0) is 22.3. The molecule has 0 bridgehead atoms. The van der Waals surface area contributed by atoms with Crippen molar-refractivity contribution in [1.29, 1.82) is 0 Å². The Labute approximate surface area is 186 Å². The van der Waals surface area contributed by atoms with Crippen molar-refractivity contribution in [2.45, 2.75) is 45.8 Å². The molecule has 0 amide bonds. The fourth-order valence-corrected chi connectivity index (χ4v) is 4.23. The number of hydrogen-bond donors (Lipinski definition) is 1. The van der Waals surface area contributed by atoms with E-state index in [0.29, 0.717) is 37.7 Å². The van der Waals surface area contributed by atoms with E-state index < -0.39 is 5.79 Å². The Morgan fingerprint density at radius 2 is 2.09 bits per heavy atom. The highest BCUT2D eigenvalue weighted by atomic mass is 16.7. The molecule has 32 heavy (non-hydrogen) atoms. The SMILES string of the molecule is CCOCc1nc2c(N)nc3cc(-c4cccnc4)ccc3c2n1C[C@@H]1COC(C)(C)O1. The smallest absolute Gasteiger partial charge is 0.163 e. The average molecular weight is 434 g/mol. The fourth-order valence-electron chi connectivity index (χ4n) is 4.23. The quantitative estimate of drug-likeness (QED) is 0.492. The van der Waals surface area contributed by atoms with Gasteiger partial charge in [-0.25, -0.2) is 9.97 Å². The highest BCUT2D eigenvalue weighted by Gasteiger charge is 2.33. The molecule has 1 aliphatic rings. The molecular weight excluding hydrogens is 406 g/mol. The predicted octanol–water partition coefficient (Wildman–Crippen LogP) is 3.92. The van der Waals surface area contributed by atoms with E-state index in [0.717, 1.165) is 33.4 Å². The summed E-state index contributed by atoms with van der Waals surface area (Å²) in [7, 11) is 0. The van der Waals surface area contributed by atoms with Crippen molar-refractivity contribution in [3.8, 4) is 11.1 Å². The zero-order valence-corrected chi connectivity index (χ0v) is 18.5. The van der Waals surface area contributed by atoms with Crippen molar-refractivity contribution < 1.29 is 14.2 Å². The number of nitrogen functional groups attached to an aromatic ring is 1. The van der Waals surface area contributed by atoms with E-state index >= 15 is 0 Å². The van der Waals surface area contributed by atoms with Gasteiger partial charge in [0.15, 0.2) is 11.6 Å². The molecule has 2 N–H and O–H groups in total. The molecule has 166 valence electrons. The van der Waals surface area contributed by atoms with Gasteiger partial charge in [0.05, 0.1) is 24.2 Å². The summed E-state index contributed by atoms with van der Waals surface area (Å²) in [5.41, 5.74) is 10.9. The van der Waals surface area contributed by atoms with Gasteiger partial charge in [0.25, 0.3) is 0 Å². The molecule has 1 fully saturated rings. The molecule has 4 aromatic rings. The topological polar surface area (TPSA) is 97.3 Å². The molecule has 0 saturated carbocycles. The maximum atomic E-state index is 6.38. The number of imidazole rings is 1. The van der Waals surface area contributed by atoms with Gasteiger partial charge < -0.3 is 24.5 Å². The largest absolute Gasteiger partial charge is 0.382 e. The van der Waals surface area contributed by atoms with E-state index in [1.807, 2.05) is 45.2 Å².